The zero-order chi connectivity index (χ0) is 18.5. The van der Waals surface area contributed by atoms with Crippen LogP contribution < -0.4 is 21.5 Å². The van der Waals surface area contributed by atoms with Crippen LogP contribution in [0.3, 0.4) is 0 Å². The maximum absolute atomic E-state index is 12.2. The minimum atomic E-state index is -0.510. The zero-order valence-corrected chi connectivity index (χ0v) is 13.9. The fraction of sp³-hybridized carbons (Fsp3) is 0.400. The van der Waals surface area contributed by atoms with Gasteiger partial charge >= 0.3 is 0 Å². The molecule has 2 aromatic rings. The Morgan fingerprint density at radius 3 is 2.77 bits per heavy atom. The van der Waals surface area contributed by atoms with E-state index in [1.54, 1.807) is 24.3 Å². The van der Waals surface area contributed by atoms with Gasteiger partial charge in [-0.1, -0.05) is 5.10 Å². The molecular formula is C15H19N7O4. The summed E-state index contributed by atoms with van der Waals surface area (Å²) in [4.78, 5) is 23.3. The third kappa shape index (κ3) is 4.25. The molecule has 0 spiro atoms. The number of nitrogens with two attached hydrogens (primary N) is 2. The summed E-state index contributed by atoms with van der Waals surface area (Å²) in [7, 11) is 0. The van der Waals surface area contributed by atoms with Gasteiger partial charge in [0, 0.05) is 12.2 Å². The molecule has 1 aromatic carbocycles. The number of amides is 2. The van der Waals surface area contributed by atoms with Crippen LogP contribution in [0.1, 0.15) is 16.8 Å². The molecule has 1 aromatic heterocycles. The predicted octanol–water partition coefficient (Wildman–Crippen LogP) is -1.29. The van der Waals surface area contributed by atoms with Crippen molar-refractivity contribution in [2.45, 2.75) is 25.1 Å². The summed E-state index contributed by atoms with van der Waals surface area (Å²) < 4.78 is 12.5. The molecular weight excluding hydrogens is 342 g/mol. The van der Waals surface area contributed by atoms with Crippen LogP contribution in [0.4, 0.5) is 5.95 Å². The summed E-state index contributed by atoms with van der Waals surface area (Å²) in [5, 5.41) is 13.4. The van der Waals surface area contributed by atoms with Crippen molar-refractivity contribution >= 4 is 17.8 Å². The van der Waals surface area contributed by atoms with E-state index in [2.05, 4.69) is 20.8 Å². The number of nitrogen functional groups attached to an aromatic ring is 1. The number of carbonyl (C=O) groups is 2. The number of nitrogens with zero attached hydrogens (tertiary/aromatic N) is 4. The molecule has 11 nitrogen and oxygen atoms in total. The van der Waals surface area contributed by atoms with Gasteiger partial charge in [0.25, 0.3) is 0 Å². The van der Waals surface area contributed by atoms with E-state index in [1.165, 1.54) is 4.68 Å². The number of nitrogens with one attached hydrogen (secondary N) is 1. The highest BCUT2D eigenvalue weighted by Gasteiger charge is 2.29. The standard InChI is InChI=1S/C15H19N7O4/c16-14(24)9-1-3-10(4-2-9)26-12-8-25-6-5-11(12)18-13(23)7-22-15(17)19-20-21-22/h1-4,11-12H,5-8H2,(H2,16,24)(H,18,23)(H2,17,19,21)/t11-,12-/m1/s1. The molecule has 0 radical (unpaired) electrons. The molecule has 5 N–H and O–H groups in total. The van der Waals surface area contributed by atoms with Gasteiger partial charge in [0.05, 0.1) is 12.6 Å². The van der Waals surface area contributed by atoms with Gasteiger partial charge in [0.2, 0.25) is 17.8 Å². The van der Waals surface area contributed by atoms with Crippen LogP contribution in [0.2, 0.25) is 0 Å². The summed E-state index contributed by atoms with van der Waals surface area (Å²) in [6.45, 7) is 0.754. The smallest absolute Gasteiger partial charge is 0.248 e. The first-order chi connectivity index (χ1) is 12.5. The number of rotatable bonds is 6. The molecule has 3 rings (SSSR count). The summed E-state index contributed by atoms with van der Waals surface area (Å²) >= 11 is 0. The number of hydrogen-bond donors (Lipinski definition) is 3. The van der Waals surface area contributed by atoms with E-state index < -0.39 is 5.91 Å². The van der Waals surface area contributed by atoms with E-state index >= 15 is 0 Å². The maximum Gasteiger partial charge on any atom is 0.248 e. The molecule has 1 saturated heterocycles. The van der Waals surface area contributed by atoms with Crippen LogP contribution in [0.25, 0.3) is 0 Å². The van der Waals surface area contributed by atoms with Crippen molar-refractivity contribution in [2.24, 2.45) is 5.73 Å². The number of primary amides is 1. The number of carbonyl (C=O) groups excluding carboxylic acids is 2. The van der Waals surface area contributed by atoms with Crippen molar-refractivity contribution in [1.82, 2.24) is 25.5 Å². The quantitative estimate of drug-likeness (QED) is 0.572. The van der Waals surface area contributed by atoms with Crippen LogP contribution in [-0.2, 0) is 16.1 Å². The first-order valence-electron chi connectivity index (χ1n) is 7.98. The van der Waals surface area contributed by atoms with Gasteiger partial charge in [0.1, 0.15) is 18.4 Å². The van der Waals surface area contributed by atoms with Crippen LogP contribution in [0.5, 0.6) is 5.75 Å². The van der Waals surface area contributed by atoms with Crippen molar-refractivity contribution in [3.05, 3.63) is 29.8 Å². The highest BCUT2D eigenvalue weighted by atomic mass is 16.5. The molecule has 0 saturated carbocycles. The summed E-state index contributed by atoms with van der Waals surface area (Å²) in [6.07, 6.45) is 0.222. The normalized spacial score (nSPS) is 19.7. The van der Waals surface area contributed by atoms with E-state index in [4.69, 9.17) is 20.9 Å². The van der Waals surface area contributed by atoms with Crippen LogP contribution >= 0.6 is 0 Å². The number of tetrazole rings is 1. The third-order valence-electron chi connectivity index (χ3n) is 3.93. The van der Waals surface area contributed by atoms with E-state index in [1.807, 2.05) is 0 Å². The van der Waals surface area contributed by atoms with Gasteiger partial charge in [-0.3, -0.25) is 9.59 Å². The Hall–Kier alpha value is -3.21. The molecule has 1 fully saturated rings. The molecule has 2 amide bonds. The average molecular weight is 361 g/mol. The predicted molar refractivity (Wildman–Crippen MR) is 89.0 cm³/mol. The van der Waals surface area contributed by atoms with Gasteiger partial charge < -0.3 is 26.3 Å². The molecule has 1 aliphatic heterocycles. The lowest BCUT2D eigenvalue weighted by Gasteiger charge is -2.32. The Labute approximate surface area is 148 Å². The minimum absolute atomic E-state index is 0.0643. The van der Waals surface area contributed by atoms with Crippen molar-refractivity contribution in [2.75, 3.05) is 18.9 Å². The second-order valence-electron chi connectivity index (χ2n) is 5.78. The van der Waals surface area contributed by atoms with Crippen molar-refractivity contribution < 1.29 is 19.1 Å². The summed E-state index contributed by atoms with van der Waals surface area (Å²) in [5.41, 5.74) is 11.2. The Morgan fingerprint density at radius 2 is 2.12 bits per heavy atom. The molecule has 2 heterocycles. The van der Waals surface area contributed by atoms with Gasteiger partial charge in [-0.25, -0.2) is 4.68 Å². The van der Waals surface area contributed by atoms with Crippen molar-refractivity contribution in [3.63, 3.8) is 0 Å². The van der Waals surface area contributed by atoms with Crippen LogP contribution in [0.15, 0.2) is 24.3 Å². The van der Waals surface area contributed by atoms with Crippen molar-refractivity contribution in [3.8, 4) is 5.75 Å². The number of aromatic nitrogens is 4. The molecule has 0 aliphatic carbocycles. The maximum atomic E-state index is 12.2. The minimum Gasteiger partial charge on any atom is -0.486 e. The fourth-order valence-electron chi connectivity index (χ4n) is 2.58. The molecule has 2 atom stereocenters. The molecule has 1 aliphatic rings. The monoisotopic (exact) mass is 361 g/mol. The third-order valence-corrected chi connectivity index (χ3v) is 3.93. The van der Waals surface area contributed by atoms with Gasteiger partial charge in [0.15, 0.2) is 0 Å². The Bertz CT molecular complexity index is 777. The van der Waals surface area contributed by atoms with E-state index in [-0.39, 0.29) is 30.5 Å². The lowest BCUT2D eigenvalue weighted by Crippen LogP contribution is -2.52. The molecule has 26 heavy (non-hydrogen) atoms. The SMILES string of the molecule is NC(=O)c1ccc(O[C@@H]2COCC[C@H]2NC(=O)Cn2nnnc2N)cc1. The first-order valence-corrected chi connectivity index (χ1v) is 7.98. The molecule has 0 bridgehead atoms. The average Bonchev–Trinajstić information content (AvgIpc) is 3.02. The molecule has 138 valence electrons. The van der Waals surface area contributed by atoms with Crippen LogP contribution in [0, 0.1) is 0 Å². The highest BCUT2D eigenvalue weighted by Crippen LogP contribution is 2.18. The van der Waals surface area contributed by atoms with Gasteiger partial charge in [-0.15, -0.1) is 0 Å². The second-order valence-corrected chi connectivity index (χ2v) is 5.78. The lowest BCUT2D eigenvalue weighted by molar-refractivity contribution is -0.124. The highest BCUT2D eigenvalue weighted by molar-refractivity contribution is 5.92. The number of benzene rings is 1. The number of ether oxygens (including phenoxy) is 2. The molecule has 11 heteroatoms. The van der Waals surface area contributed by atoms with Gasteiger partial charge in [-0.2, -0.15) is 0 Å². The Morgan fingerprint density at radius 1 is 1.35 bits per heavy atom. The van der Waals surface area contributed by atoms with E-state index in [0.717, 1.165) is 0 Å². The Balaban J connectivity index is 1.61. The first kappa shape index (κ1) is 17.6. The Kier molecular flexibility index (Phi) is 5.27. The number of hydrogen-bond acceptors (Lipinski definition) is 8. The number of anilines is 1. The lowest BCUT2D eigenvalue weighted by atomic mass is 10.1. The van der Waals surface area contributed by atoms with Crippen LogP contribution in [-0.4, -0.2) is 57.4 Å². The second kappa shape index (κ2) is 7.78. The topological polar surface area (TPSA) is 160 Å². The zero-order valence-electron chi connectivity index (χ0n) is 13.9. The largest absolute Gasteiger partial charge is 0.486 e. The fourth-order valence-corrected chi connectivity index (χ4v) is 2.58. The van der Waals surface area contributed by atoms with Crippen molar-refractivity contribution in [1.29, 1.82) is 0 Å². The van der Waals surface area contributed by atoms with E-state index in [9.17, 15) is 9.59 Å². The summed E-state index contributed by atoms with van der Waals surface area (Å²) in [5.74, 6) is -0.179. The summed E-state index contributed by atoms with van der Waals surface area (Å²) in [6, 6.07) is 6.21. The van der Waals surface area contributed by atoms with Gasteiger partial charge in [-0.05, 0) is 41.1 Å². The molecule has 0 unspecified atom stereocenters. The van der Waals surface area contributed by atoms with E-state index in [0.29, 0.717) is 30.9 Å².